The molecule has 0 aromatic carbocycles. The molecule has 0 unspecified atom stereocenters. The van der Waals surface area contributed by atoms with Crippen molar-refractivity contribution in [1.82, 2.24) is 15.1 Å². The van der Waals surface area contributed by atoms with E-state index < -0.39 is 0 Å². The van der Waals surface area contributed by atoms with Gasteiger partial charge < -0.3 is 15.2 Å². The zero-order valence-corrected chi connectivity index (χ0v) is 12.3. The molecule has 1 aliphatic rings. The third-order valence-electron chi connectivity index (χ3n) is 4.26. The Kier molecular flexibility index (Phi) is 4.28. The molecule has 1 aromatic heterocycles. The second-order valence-electron chi connectivity index (χ2n) is 5.90. The highest BCUT2D eigenvalue weighted by molar-refractivity contribution is 5.13. The second kappa shape index (κ2) is 5.61. The summed E-state index contributed by atoms with van der Waals surface area (Å²) >= 11 is 0. The van der Waals surface area contributed by atoms with Crippen LogP contribution in [0.3, 0.4) is 0 Å². The molecule has 1 fully saturated rings. The van der Waals surface area contributed by atoms with Gasteiger partial charge in [-0.05, 0) is 13.3 Å². The van der Waals surface area contributed by atoms with Crippen LogP contribution in [-0.4, -0.2) is 40.2 Å². The van der Waals surface area contributed by atoms with Gasteiger partial charge in [-0.15, -0.1) is 0 Å². The summed E-state index contributed by atoms with van der Waals surface area (Å²) in [6, 6.07) is 0.307. The Hall–Kier alpha value is -0.910. The van der Waals surface area contributed by atoms with E-state index in [1.54, 1.807) is 10.9 Å². The zero-order chi connectivity index (χ0) is 14.0. The van der Waals surface area contributed by atoms with Crippen LogP contribution in [0.25, 0.3) is 0 Å². The highest BCUT2D eigenvalue weighted by Gasteiger charge is 2.49. The molecule has 5 heteroatoms. The molecule has 2 rings (SSSR count). The summed E-state index contributed by atoms with van der Waals surface area (Å²) in [5.41, 5.74) is 1.13. The summed E-state index contributed by atoms with van der Waals surface area (Å²) in [7, 11) is 1.89. The molecule has 1 saturated carbocycles. The fourth-order valence-electron chi connectivity index (χ4n) is 2.77. The van der Waals surface area contributed by atoms with E-state index in [0.717, 1.165) is 18.6 Å². The van der Waals surface area contributed by atoms with Crippen molar-refractivity contribution in [3.05, 3.63) is 18.0 Å². The highest BCUT2D eigenvalue weighted by Crippen LogP contribution is 2.43. The molecule has 3 atom stereocenters. The predicted octanol–water partition coefficient (Wildman–Crippen LogP) is 1.25. The van der Waals surface area contributed by atoms with E-state index in [4.69, 9.17) is 4.74 Å². The first-order chi connectivity index (χ1) is 8.98. The van der Waals surface area contributed by atoms with Gasteiger partial charge >= 0.3 is 0 Å². The lowest BCUT2D eigenvalue weighted by molar-refractivity contribution is -0.117. The molecule has 0 saturated heterocycles. The largest absolute Gasteiger partial charge is 0.394 e. The molecule has 1 aromatic rings. The minimum atomic E-state index is -0.0550. The van der Waals surface area contributed by atoms with Crippen LogP contribution in [0.2, 0.25) is 0 Å². The highest BCUT2D eigenvalue weighted by atomic mass is 16.5. The van der Waals surface area contributed by atoms with E-state index in [1.807, 2.05) is 20.2 Å². The van der Waals surface area contributed by atoms with Crippen molar-refractivity contribution < 1.29 is 9.84 Å². The van der Waals surface area contributed by atoms with Gasteiger partial charge in [0.15, 0.2) is 0 Å². The summed E-state index contributed by atoms with van der Waals surface area (Å²) < 4.78 is 7.49. The van der Waals surface area contributed by atoms with E-state index in [-0.39, 0.29) is 18.1 Å². The summed E-state index contributed by atoms with van der Waals surface area (Å²) in [5, 5.41) is 17.3. The first-order valence-electron chi connectivity index (χ1n) is 6.96. The first-order valence-corrected chi connectivity index (χ1v) is 6.96. The van der Waals surface area contributed by atoms with E-state index in [2.05, 4.69) is 24.3 Å². The standard InChI is InChI=1S/C14H25N3O2/c1-5-19-13-6-12(14(13,2)3)16-11(9-18)10-7-15-17(4)8-10/h7-8,11-13,16,18H,5-6,9H2,1-4H3/t11-,12+,13-/m1/s1. The van der Waals surface area contributed by atoms with Gasteiger partial charge in [0.05, 0.1) is 24.9 Å². The van der Waals surface area contributed by atoms with Crippen molar-refractivity contribution in [2.45, 2.75) is 45.4 Å². The Bertz CT molecular complexity index is 417. The van der Waals surface area contributed by atoms with E-state index in [0.29, 0.717) is 12.1 Å². The van der Waals surface area contributed by atoms with Gasteiger partial charge in [-0.2, -0.15) is 5.10 Å². The number of aromatic nitrogens is 2. The summed E-state index contributed by atoms with van der Waals surface area (Å²) in [4.78, 5) is 0. The van der Waals surface area contributed by atoms with Crippen molar-refractivity contribution >= 4 is 0 Å². The van der Waals surface area contributed by atoms with Crippen LogP contribution in [0.1, 0.15) is 38.8 Å². The number of nitrogens with zero attached hydrogens (tertiary/aromatic N) is 2. The van der Waals surface area contributed by atoms with Gasteiger partial charge in [-0.25, -0.2) is 0 Å². The number of hydrogen-bond donors (Lipinski definition) is 2. The Morgan fingerprint density at radius 1 is 1.63 bits per heavy atom. The fourth-order valence-corrected chi connectivity index (χ4v) is 2.77. The van der Waals surface area contributed by atoms with Crippen LogP contribution in [0.5, 0.6) is 0 Å². The number of aliphatic hydroxyl groups is 1. The van der Waals surface area contributed by atoms with Crippen molar-refractivity contribution in [1.29, 1.82) is 0 Å². The topological polar surface area (TPSA) is 59.3 Å². The molecule has 1 aliphatic carbocycles. The second-order valence-corrected chi connectivity index (χ2v) is 5.90. The molecule has 19 heavy (non-hydrogen) atoms. The van der Waals surface area contributed by atoms with Gasteiger partial charge in [0.2, 0.25) is 0 Å². The van der Waals surface area contributed by atoms with E-state index >= 15 is 0 Å². The molecule has 0 bridgehead atoms. The average molecular weight is 267 g/mol. The maximum Gasteiger partial charge on any atom is 0.0655 e. The lowest BCUT2D eigenvalue weighted by Gasteiger charge is -2.52. The van der Waals surface area contributed by atoms with Crippen LogP contribution in [-0.2, 0) is 11.8 Å². The molecule has 0 amide bonds. The number of aliphatic hydroxyl groups excluding tert-OH is 1. The number of hydrogen-bond acceptors (Lipinski definition) is 4. The molecule has 1 heterocycles. The zero-order valence-electron chi connectivity index (χ0n) is 12.3. The van der Waals surface area contributed by atoms with Gasteiger partial charge in [0.25, 0.3) is 0 Å². The van der Waals surface area contributed by atoms with Crippen LogP contribution < -0.4 is 5.32 Å². The number of aryl methyl sites for hydroxylation is 1. The molecule has 0 radical (unpaired) electrons. The first kappa shape index (κ1) is 14.5. The Morgan fingerprint density at radius 3 is 2.84 bits per heavy atom. The molecule has 108 valence electrons. The maximum absolute atomic E-state index is 9.57. The smallest absolute Gasteiger partial charge is 0.0655 e. The van der Waals surface area contributed by atoms with Gasteiger partial charge in [-0.1, -0.05) is 13.8 Å². The Balaban J connectivity index is 1.97. The minimum absolute atomic E-state index is 0.0550. The van der Waals surface area contributed by atoms with Crippen molar-refractivity contribution in [3.63, 3.8) is 0 Å². The molecule has 5 nitrogen and oxygen atoms in total. The Labute approximate surface area is 115 Å². The maximum atomic E-state index is 9.57. The van der Waals surface area contributed by atoms with Gasteiger partial charge in [0, 0.05) is 36.9 Å². The quantitative estimate of drug-likeness (QED) is 0.814. The van der Waals surface area contributed by atoms with E-state index in [9.17, 15) is 5.11 Å². The van der Waals surface area contributed by atoms with Crippen LogP contribution in [0.15, 0.2) is 12.4 Å². The van der Waals surface area contributed by atoms with Gasteiger partial charge in [0.1, 0.15) is 0 Å². The normalized spacial score (nSPS) is 27.0. The lowest BCUT2D eigenvalue weighted by atomic mass is 9.64. The number of nitrogens with one attached hydrogen (secondary N) is 1. The fraction of sp³-hybridized carbons (Fsp3) is 0.786. The van der Waals surface area contributed by atoms with Crippen LogP contribution >= 0.6 is 0 Å². The SMILES string of the molecule is CCO[C@@H]1C[C@H](N[C@H](CO)c2cnn(C)c2)C1(C)C. The number of ether oxygens (including phenoxy) is 1. The monoisotopic (exact) mass is 267 g/mol. The molecule has 0 aliphatic heterocycles. The van der Waals surface area contributed by atoms with Crippen molar-refractivity contribution in [2.24, 2.45) is 12.5 Å². The van der Waals surface area contributed by atoms with Crippen molar-refractivity contribution in [3.8, 4) is 0 Å². The molecular formula is C14H25N3O2. The number of rotatable bonds is 6. The van der Waals surface area contributed by atoms with E-state index in [1.165, 1.54) is 0 Å². The Morgan fingerprint density at radius 2 is 2.37 bits per heavy atom. The van der Waals surface area contributed by atoms with Crippen molar-refractivity contribution in [2.75, 3.05) is 13.2 Å². The van der Waals surface area contributed by atoms with Gasteiger partial charge in [-0.3, -0.25) is 4.68 Å². The lowest BCUT2D eigenvalue weighted by Crippen LogP contribution is -2.61. The minimum Gasteiger partial charge on any atom is -0.394 e. The van der Waals surface area contributed by atoms with Crippen LogP contribution in [0.4, 0.5) is 0 Å². The third-order valence-corrected chi connectivity index (χ3v) is 4.26. The average Bonchev–Trinajstić information content (AvgIpc) is 2.79. The summed E-state index contributed by atoms with van der Waals surface area (Å²) in [6.45, 7) is 7.30. The third kappa shape index (κ3) is 2.83. The summed E-state index contributed by atoms with van der Waals surface area (Å²) in [5.74, 6) is 0. The predicted molar refractivity (Wildman–Crippen MR) is 73.8 cm³/mol. The van der Waals surface area contributed by atoms with Crippen LogP contribution in [0, 0.1) is 5.41 Å². The molecule has 2 N–H and O–H groups in total. The molecular weight excluding hydrogens is 242 g/mol. The summed E-state index contributed by atoms with van der Waals surface area (Å²) in [6.07, 6.45) is 5.06. The molecule has 0 spiro atoms.